The number of fused-ring (bicyclic) bond motifs is 1. The van der Waals surface area contributed by atoms with E-state index in [4.69, 9.17) is 4.74 Å². The normalized spacial score (nSPS) is 33.6. The second-order valence-corrected chi connectivity index (χ2v) is 4.19. The van der Waals surface area contributed by atoms with Gasteiger partial charge in [0.2, 0.25) is 0 Å². The van der Waals surface area contributed by atoms with Gasteiger partial charge >= 0.3 is 0 Å². The summed E-state index contributed by atoms with van der Waals surface area (Å²) in [6, 6.07) is 0.738. The van der Waals surface area contributed by atoms with Crippen molar-refractivity contribution in [3.05, 3.63) is 25.0 Å². The fourth-order valence-corrected chi connectivity index (χ4v) is 2.47. The van der Waals surface area contributed by atoms with E-state index >= 15 is 0 Å². The average Bonchev–Trinajstić information content (AvgIpc) is 2.53. The Morgan fingerprint density at radius 1 is 1.57 bits per heavy atom. The Morgan fingerprint density at radius 3 is 3.29 bits per heavy atom. The Hall–Kier alpha value is -0.760. The monoisotopic (exact) mass is 193 g/mol. The highest BCUT2D eigenvalue weighted by Crippen LogP contribution is 2.42. The fraction of sp³-hybridized carbons (Fsp3) is 0.667. The SMILES string of the molecule is C=COCCCNC1CC2CC=CC21. The van der Waals surface area contributed by atoms with Crippen molar-refractivity contribution >= 4 is 0 Å². The Balaban J connectivity index is 1.54. The molecule has 0 aromatic carbocycles. The molecule has 2 aliphatic carbocycles. The molecule has 0 bridgehead atoms. The first-order valence-corrected chi connectivity index (χ1v) is 5.54. The molecule has 2 aliphatic rings. The van der Waals surface area contributed by atoms with Crippen molar-refractivity contribution in [2.45, 2.75) is 25.3 Å². The van der Waals surface area contributed by atoms with E-state index in [-0.39, 0.29) is 0 Å². The lowest BCUT2D eigenvalue weighted by Crippen LogP contribution is -2.48. The quantitative estimate of drug-likeness (QED) is 0.396. The molecule has 0 radical (unpaired) electrons. The van der Waals surface area contributed by atoms with Crippen LogP contribution in [0.25, 0.3) is 0 Å². The van der Waals surface area contributed by atoms with Crippen LogP contribution < -0.4 is 5.32 Å². The minimum Gasteiger partial charge on any atom is -0.502 e. The molecule has 2 heteroatoms. The number of hydrogen-bond donors (Lipinski definition) is 1. The Labute approximate surface area is 86.0 Å². The van der Waals surface area contributed by atoms with Crippen molar-refractivity contribution in [1.82, 2.24) is 5.32 Å². The summed E-state index contributed by atoms with van der Waals surface area (Å²) in [6.45, 7) is 5.36. The summed E-state index contributed by atoms with van der Waals surface area (Å²) in [5.41, 5.74) is 0. The van der Waals surface area contributed by atoms with E-state index in [0.29, 0.717) is 0 Å². The first kappa shape index (κ1) is 9.78. The molecule has 3 atom stereocenters. The third-order valence-corrected chi connectivity index (χ3v) is 3.33. The summed E-state index contributed by atoms with van der Waals surface area (Å²) in [5.74, 6) is 1.78. The minimum absolute atomic E-state index is 0.738. The van der Waals surface area contributed by atoms with E-state index in [1.807, 2.05) is 0 Å². The van der Waals surface area contributed by atoms with E-state index in [1.54, 1.807) is 0 Å². The number of rotatable bonds is 6. The van der Waals surface area contributed by atoms with Crippen LogP contribution in [0, 0.1) is 11.8 Å². The molecule has 0 saturated heterocycles. The topological polar surface area (TPSA) is 21.3 Å². The van der Waals surface area contributed by atoms with Gasteiger partial charge in [-0.1, -0.05) is 18.7 Å². The van der Waals surface area contributed by atoms with Crippen LogP contribution in [0.3, 0.4) is 0 Å². The van der Waals surface area contributed by atoms with Crippen LogP contribution in [0.1, 0.15) is 19.3 Å². The van der Waals surface area contributed by atoms with Crippen molar-refractivity contribution in [1.29, 1.82) is 0 Å². The van der Waals surface area contributed by atoms with E-state index in [1.165, 1.54) is 19.1 Å². The lowest BCUT2D eigenvalue weighted by molar-refractivity contribution is 0.158. The van der Waals surface area contributed by atoms with E-state index in [0.717, 1.165) is 37.5 Å². The summed E-state index contributed by atoms with van der Waals surface area (Å²) in [7, 11) is 0. The van der Waals surface area contributed by atoms with E-state index in [9.17, 15) is 0 Å². The zero-order valence-corrected chi connectivity index (χ0v) is 8.61. The summed E-state index contributed by atoms with van der Waals surface area (Å²) in [6.07, 6.45) is 9.97. The molecule has 3 unspecified atom stereocenters. The Kier molecular flexibility index (Phi) is 3.25. The van der Waals surface area contributed by atoms with Gasteiger partial charge in [0, 0.05) is 6.04 Å². The summed E-state index contributed by atoms with van der Waals surface area (Å²) in [4.78, 5) is 0. The maximum absolute atomic E-state index is 5.06. The van der Waals surface area contributed by atoms with E-state index in [2.05, 4.69) is 24.0 Å². The average molecular weight is 193 g/mol. The standard InChI is InChI=1S/C12H19NO/c1-2-14-8-4-7-13-12-9-10-5-3-6-11(10)12/h2-3,6,10-13H,1,4-5,7-9H2. The van der Waals surface area contributed by atoms with Crippen LogP contribution in [-0.4, -0.2) is 19.2 Å². The van der Waals surface area contributed by atoms with Crippen molar-refractivity contribution in [2.75, 3.05) is 13.2 Å². The van der Waals surface area contributed by atoms with Crippen LogP contribution in [0.4, 0.5) is 0 Å². The van der Waals surface area contributed by atoms with Crippen LogP contribution in [0.2, 0.25) is 0 Å². The second kappa shape index (κ2) is 4.65. The highest BCUT2D eigenvalue weighted by atomic mass is 16.5. The van der Waals surface area contributed by atoms with Gasteiger partial charge in [-0.3, -0.25) is 0 Å². The maximum Gasteiger partial charge on any atom is 0.0885 e. The fourth-order valence-electron chi connectivity index (χ4n) is 2.47. The van der Waals surface area contributed by atoms with Crippen molar-refractivity contribution in [3.8, 4) is 0 Å². The van der Waals surface area contributed by atoms with Crippen LogP contribution in [0.5, 0.6) is 0 Å². The minimum atomic E-state index is 0.738. The van der Waals surface area contributed by atoms with Crippen molar-refractivity contribution in [3.63, 3.8) is 0 Å². The summed E-state index contributed by atoms with van der Waals surface area (Å²) in [5, 5.41) is 3.58. The van der Waals surface area contributed by atoms with E-state index < -0.39 is 0 Å². The molecule has 1 saturated carbocycles. The summed E-state index contributed by atoms with van der Waals surface area (Å²) < 4.78 is 5.06. The molecule has 1 N–H and O–H groups in total. The number of hydrogen-bond acceptors (Lipinski definition) is 2. The lowest BCUT2D eigenvalue weighted by Gasteiger charge is -2.40. The molecule has 0 aromatic heterocycles. The molecular formula is C12H19NO. The predicted molar refractivity (Wildman–Crippen MR) is 57.9 cm³/mol. The van der Waals surface area contributed by atoms with Gasteiger partial charge in [-0.25, -0.2) is 0 Å². The Bertz CT molecular complexity index is 224. The number of allylic oxidation sites excluding steroid dienone is 1. The predicted octanol–water partition coefficient (Wildman–Crippen LogP) is 2.09. The first-order chi connectivity index (χ1) is 6.92. The van der Waals surface area contributed by atoms with Gasteiger partial charge in [-0.05, 0) is 37.6 Å². The molecule has 0 aromatic rings. The van der Waals surface area contributed by atoms with Gasteiger partial charge in [0.1, 0.15) is 0 Å². The van der Waals surface area contributed by atoms with Gasteiger partial charge in [0.05, 0.1) is 12.9 Å². The highest BCUT2D eigenvalue weighted by molar-refractivity contribution is 5.12. The van der Waals surface area contributed by atoms with Crippen molar-refractivity contribution in [2.24, 2.45) is 11.8 Å². The van der Waals surface area contributed by atoms with Crippen LogP contribution in [-0.2, 0) is 4.74 Å². The Morgan fingerprint density at radius 2 is 2.50 bits per heavy atom. The van der Waals surface area contributed by atoms with Gasteiger partial charge < -0.3 is 10.1 Å². The molecule has 2 rings (SSSR count). The molecule has 0 heterocycles. The van der Waals surface area contributed by atoms with Gasteiger partial charge in [0.25, 0.3) is 0 Å². The lowest BCUT2D eigenvalue weighted by atomic mass is 9.71. The zero-order chi connectivity index (χ0) is 9.80. The maximum atomic E-state index is 5.06. The highest BCUT2D eigenvalue weighted by Gasteiger charge is 2.40. The van der Waals surface area contributed by atoms with Gasteiger partial charge in [-0.2, -0.15) is 0 Å². The molecule has 14 heavy (non-hydrogen) atoms. The van der Waals surface area contributed by atoms with Crippen molar-refractivity contribution < 1.29 is 4.74 Å². The smallest absolute Gasteiger partial charge is 0.0885 e. The van der Waals surface area contributed by atoms with Gasteiger partial charge in [0.15, 0.2) is 0 Å². The molecule has 0 aliphatic heterocycles. The second-order valence-electron chi connectivity index (χ2n) is 4.19. The first-order valence-electron chi connectivity index (χ1n) is 5.54. The zero-order valence-electron chi connectivity index (χ0n) is 8.61. The molecule has 0 amide bonds. The third-order valence-electron chi connectivity index (χ3n) is 3.33. The molecule has 2 nitrogen and oxygen atoms in total. The van der Waals surface area contributed by atoms with Crippen LogP contribution >= 0.6 is 0 Å². The van der Waals surface area contributed by atoms with Gasteiger partial charge in [-0.15, -0.1) is 0 Å². The molecule has 1 fully saturated rings. The molecular weight excluding hydrogens is 174 g/mol. The largest absolute Gasteiger partial charge is 0.502 e. The number of ether oxygens (including phenoxy) is 1. The molecule has 0 spiro atoms. The third kappa shape index (κ3) is 2.01. The number of nitrogens with one attached hydrogen (secondary N) is 1. The van der Waals surface area contributed by atoms with Crippen LogP contribution in [0.15, 0.2) is 25.0 Å². The summed E-state index contributed by atoms with van der Waals surface area (Å²) >= 11 is 0. The molecule has 78 valence electrons.